The summed E-state index contributed by atoms with van der Waals surface area (Å²) in [7, 11) is -3.54. The molecule has 1 aromatic carbocycles. The van der Waals surface area contributed by atoms with E-state index in [9.17, 15) is 17.6 Å². The summed E-state index contributed by atoms with van der Waals surface area (Å²) >= 11 is 0. The number of halogens is 1. The molecule has 0 amide bonds. The third-order valence-electron chi connectivity index (χ3n) is 2.43. The van der Waals surface area contributed by atoms with E-state index in [1.165, 1.54) is 0 Å². The van der Waals surface area contributed by atoms with Gasteiger partial charge in [0.15, 0.2) is 0 Å². The highest BCUT2D eigenvalue weighted by Crippen LogP contribution is 2.30. The third kappa shape index (κ3) is 2.55. The van der Waals surface area contributed by atoms with E-state index < -0.39 is 32.6 Å². The minimum atomic E-state index is -3.54. The molecule has 0 spiro atoms. The van der Waals surface area contributed by atoms with Gasteiger partial charge in [-0.2, -0.15) is 0 Å². The second kappa shape index (κ2) is 3.99. The minimum Gasteiger partial charge on any atom is -0.478 e. The molecule has 1 aliphatic carbocycles. The van der Waals surface area contributed by atoms with Crippen molar-refractivity contribution in [1.29, 1.82) is 0 Å². The summed E-state index contributed by atoms with van der Waals surface area (Å²) in [5.74, 6) is -2.10. The number of nitrogens with one attached hydrogen (secondary N) is 1. The van der Waals surface area contributed by atoms with Crippen LogP contribution in [0.1, 0.15) is 23.2 Å². The number of aromatic carboxylic acids is 1. The van der Waals surface area contributed by atoms with Crippen molar-refractivity contribution >= 4 is 21.7 Å². The molecule has 0 saturated heterocycles. The van der Waals surface area contributed by atoms with Crippen LogP contribution in [0.15, 0.2) is 18.2 Å². The van der Waals surface area contributed by atoms with Crippen molar-refractivity contribution < 1.29 is 22.7 Å². The molecule has 1 fully saturated rings. The topological polar surface area (TPSA) is 83.5 Å². The SMILES string of the molecule is O=C(O)c1cc(F)ccc1NS(=O)(=O)C1CC1. The van der Waals surface area contributed by atoms with Gasteiger partial charge in [-0.1, -0.05) is 0 Å². The number of hydrogen-bond donors (Lipinski definition) is 2. The van der Waals surface area contributed by atoms with E-state index in [0.29, 0.717) is 12.8 Å². The highest BCUT2D eigenvalue weighted by atomic mass is 32.2. The first kappa shape index (κ1) is 11.8. The van der Waals surface area contributed by atoms with Crippen LogP contribution in [0.2, 0.25) is 0 Å². The summed E-state index contributed by atoms with van der Waals surface area (Å²) in [4.78, 5) is 10.8. The summed E-state index contributed by atoms with van der Waals surface area (Å²) in [6.07, 6.45) is 1.14. The van der Waals surface area contributed by atoms with E-state index in [-0.39, 0.29) is 5.69 Å². The predicted molar refractivity (Wildman–Crippen MR) is 58.9 cm³/mol. The number of carbonyl (C=O) groups is 1. The maximum Gasteiger partial charge on any atom is 0.337 e. The molecule has 0 atom stereocenters. The highest BCUT2D eigenvalue weighted by molar-refractivity contribution is 7.93. The van der Waals surface area contributed by atoms with E-state index in [1.54, 1.807) is 0 Å². The van der Waals surface area contributed by atoms with Gasteiger partial charge in [-0.05, 0) is 31.0 Å². The lowest BCUT2D eigenvalue weighted by atomic mass is 10.2. The smallest absolute Gasteiger partial charge is 0.337 e. The number of benzene rings is 1. The largest absolute Gasteiger partial charge is 0.478 e. The quantitative estimate of drug-likeness (QED) is 0.856. The van der Waals surface area contributed by atoms with Crippen molar-refractivity contribution in [1.82, 2.24) is 0 Å². The molecule has 0 aromatic heterocycles. The summed E-state index contributed by atoms with van der Waals surface area (Å²) in [5.41, 5.74) is -0.500. The predicted octanol–water partition coefficient (Wildman–Crippen LogP) is 1.43. The molecule has 1 aromatic rings. The molecule has 0 unspecified atom stereocenters. The van der Waals surface area contributed by atoms with Crippen LogP contribution in [0.3, 0.4) is 0 Å². The number of hydrogen-bond acceptors (Lipinski definition) is 3. The Balaban J connectivity index is 2.35. The molecule has 0 heterocycles. The monoisotopic (exact) mass is 259 g/mol. The van der Waals surface area contributed by atoms with Crippen LogP contribution in [-0.2, 0) is 10.0 Å². The van der Waals surface area contributed by atoms with Gasteiger partial charge in [0.2, 0.25) is 10.0 Å². The Hall–Kier alpha value is -1.63. The van der Waals surface area contributed by atoms with Crippen LogP contribution >= 0.6 is 0 Å². The zero-order chi connectivity index (χ0) is 12.6. The number of sulfonamides is 1. The molecule has 17 heavy (non-hydrogen) atoms. The van der Waals surface area contributed by atoms with Gasteiger partial charge < -0.3 is 5.11 Å². The number of rotatable bonds is 4. The fraction of sp³-hybridized carbons (Fsp3) is 0.300. The van der Waals surface area contributed by atoms with Gasteiger partial charge >= 0.3 is 5.97 Å². The highest BCUT2D eigenvalue weighted by Gasteiger charge is 2.36. The maximum absolute atomic E-state index is 12.9. The van der Waals surface area contributed by atoms with Crippen molar-refractivity contribution in [3.05, 3.63) is 29.6 Å². The Labute approximate surface area is 97.3 Å². The van der Waals surface area contributed by atoms with E-state index >= 15 is 0 Å². The Kier molecular flexibility index (Phi) is 2.78. The Morgan fingerprint density at radius 1 is 1.41 bits per heavy atom. The van der Waals surface area contributed by atoms with Crippen molar-refractivity contribution in [2.45, 2.75) is 18.1 Å². The normalized spacial score (nSPS) is 15.6. The molecule has 5 nitrogen and oxygen atoms in total. The first-order chi connectivity index (χ1) is 7.90. The van der Waals surface area contributed by atoms with Crippen LogP contribution < -0.4 is 4.72 Å². The number of carboxylic acid groups (broad SMARTS) is 1. The van der Waals surface area contributed by atoms with E-state index in [0.717, 1.165) is 18.2 Å². The fourth-order valence-electron chi connectivity index (χ4n) is 1.40. The lowest BCUT2D eigenvalue weighted by molar-refractivity contribution is 0.0697. The van der Waals surface area contributed by atoms with Crippen LogP contribution in [0.5, 0.6) is 0 Å². The first-order valence-corrected chi connectivity index (χ1v) is 6.49. The average Bonchev–Trinajstić information content (AvgIpc) is 3.03. The lowest BCUT2D eigenvalue weighted by Gasteiger charge is -2.09. The second-order valence-corrected chi connectivity index (χ2v) is 5.80. The summed E-state index contributed by atoms with van der Waals surface area (Å²) in [6.45, 7) is 0. The van der Waals surface area contributed by atoms with E-state index in [4.69, 9.17) is 5.11 Å². The lowest BCUT2D eigenvalue weighted by Crippen LogP contribution is -2.19. The summed E-state index contributed by atoms with van der Waals surface area (Å²) < 4.78 is 38.3. The Morgan fingerprint density at radius 2 is 2.06 bits per heavy atom. The Morgan fingerprint density at radius 3 is 2.59 bits per heavy atom. The van der Waals surface area contributed by atoms with Gasteiger partial charge in [0.1, 0.15) is 5.82 Å². The molecule has 1 aliphatic rings. The van der Waals surface area contributed by atoms with Crippen LogP contribution in [-0.4, -0.2) is 24.7 Å². The Bertz CT molecular complexity index is 566. The number of anilines is 1. The zero-order valence-electron chi connectivity index (χ0n) is 8.68. The zero-order valence-corrected chi connectivity index (χ0v) is 9.50. The molecule has 1 saturated carbocycles. The summed E-state index contributed by atoms with van der Waals surface area (Å²) in [6, 6.07) is 2.91. The molecular weight excluding hydrogens is 249 g/mol. The van der Waals surface area contributed by atoms with Crippen molar-refractivity contribution in [3.63, 3.8) is 0 Å². The van der Waals surface area contributed by atoms with Gasteiger partial charge in [0.05, 0.1) is 16.5 Å². The average molecular weight is 259 g/mol. The molecule has 0 radical (unpaired) electrons. The van der Waals surface area contributed by atoms with Gasteiger partial charge in [-0.15, -0.1) is 0 Å². The van der Waals surface area contributed by atoms with E-state index in [1.807, 2.05) is 0 Å². The first-order valence-electron chi connectivity index (χ1n) is 4.94. The van der Waals surface area contributed by atoms with Gasteiger partial charge in [-0.3, -0.25) is 4.72 Å². The molecule has 0 aliphatic heterocycles. The molecule has 7 heteroatoms. The molecule has 2 N–H and O–H groups in total. The van der Waals surface area contributed by atoms with Crippen LogP contribution in [0, 0.1) is 5.82 Å². The van der Waals surface area contributed by atoms with E-state index in [2.05, 4.69) is 4.72 Å². The third-order valence-corrected chi connectivity index (χ3v) is 4.28. The standard InChI is InChI=1S/C10H10FNO4S/c11-6-1-4-9(8(5-6)10(13)14)12-17(15,16)7-2-3-7/h1,4-5,7,12H,2-3H2,(H,13,14). The molecule has 92 valence electrons. The summed E-state index contributed by atoms with van der Waals surface area (Å²) in [5, 5.41) is 8.38. The fourth-order valence-corrected chi connectivity index (χ4v) is 2.81. The minimum absolute atomic E-state index is 0.106. The van der Waals surface area contributed by atoms with Gasteiger partial charge in [0, 0.05) is 0 Å². The van der Waals surface area contributed by atoms with Crippen LogP contribution in [0.25, 0.3) is 0 Å². The maximum atomic E-state index is 12.9. The van der Waals surface area contributed by atoms with Crippen molar-refractivity contribution in [2.24, 2.45) is 0 Å². The second-order valence-electron chi connectivity index (χ2n) is 3.84. The van der Waals surface area contributed by atoms with Gasteiger partial charge in [-0.25, -0.2) is 17.6 Å². The van der Waals surface area contributed by atoms with Crippen LogP contribution in [0.4, 0.5) is 10.1 Å². The van der Waals surface area contributed by atoms with Crippen molar-refractivity contribution in [2.75, 3.05) is 4.72 Å². The molecule has 2 rings (SSSR count). The molecular formula is C10H10FNO4S. The van der Waals surface area contributed by atoms with Crippen molar-refractivity contribution in [3.8, 4) is 0 Å². The van der Waals surface area contributed by atoms with Gasteiger partial charge in [0.25, 0.3) is 0 Å². The molecule has 0 bridgehead atoms. The number of carboxylic acids is 1.